The van der Waals surface area contributed by atoms with Crippen molar-refractivity contribution in [1.82, 2.24) is 4.57 Å². The van der Waals surface area contributed by atoms with Crippen LogP contribution in [0.3, 0.4) is 0 Å². The Kier molecular flexibility index (Phi) is 4.86. The highest BCUT2D eigenvalue weighted by Crippen LogP contribution is 2.40. The van der Waals surface area contributed by atoms with E-state index in [1.807, 2.05) is 0 Å². The molecule has 0 atom stereocenters. The second-order valence-electron chi connectivity index (χ2n) is 6.17. The van der Waals surface area contributed by atoms with E-state index in [-0.39, 0.29) is 15.5 Å². The molecule has 0 aliphatic heterocycles. The Morgan fingerprint density at radius 2 is 1.63 bits per heavy atom. The third-order valence-corrected chi connectivity index (χ3v) is 5.54. The molecule has 0 spiro atoms. The molecule has 0 aliphatic carbocycles. The first-order valence-electron chi connectivity index (χ1n) is 7.84. The summed E-state index contributed by atoms with van der Waals surface area (Å²) in [6.07, 6.45) is -1.83. The molecule has 3 nitrogen and oxygen atoms in total. The maximum absolute atomic E-state index is 13.5. The minimum atomic E-state index is -4.57. The molecular weight excluding hydrogens is 399 g/mol. The number of aryl methyl sites for hydroxylation is 1. The molecule has 0 aliphatic rings. The Morgan fingerprint density at radius 3 is 2.19 bits per heavy atom. The highest BCUT2D eigenvalue weighted by molar-refractivity contribution is 7.90. The van der Waals surface area contributed by atoms with Crippen molar-refractivity contribution in [2.45, 2.75) is 18.0 Å². The molecule has 0 fully saturated rings. The van der Waals surface area contributed by atoms with Crippen LogP contribution in [0.25, 0.3) is 16.9 Å². The third-order valence-electron chi connectivity index (χ3n) is 4.17. The molecule has 0 amide bonds. The molecule has 0 saturated carbocycles. The molecule has 8 heteroatoms. The van der Waals surface area contributed by atoms with Gasteiger partial charge in [-0.1, -0.05) is 17.7 Å². The fourth-order valence-corrected chi connectivity index (χ4v) is 3.70. The predicted molar refractivity (Wildman–Crippen MR) is 99.1 cm³/mol. The first kappa shape index (κ1) is 19.5. The van der Waals surface area contributed by atoms with E-state index in [0.717, 1.165) is 12.3 Å². The van der Waals surface area contributed by atoms with Crippen molar-refractivity contribution < 1.29 is 21.6 Å². The summed E-state index contributed by atoms with van der Waals surface area (Å²) in [7, 11) is -3.36. The van der Waals surface area contributed by atoms with Crippen LogP contribution in [-0.2, 0) is 16.0 Å². The van der Waals surface area contributed by atoms with E-state index in [9.17, 15) is 21.6 Å². The number of sulfone groups is 1. The largest absolute Gasteiger partial charge is 0.417 e. The van der Waals surface area contributed by atoms with E-state index in [0.29, 0.717) is 16.9 Å². The van der Waals surface area contributed by atoms with Gasteiger partial charge in [0.1, 0.15) is 0 Å². The highest BCUT2D eigenvalue weighted by atomic mass is 35.5. The highest BCUT2D eigenvalue weighted by Gasteiger charge is 2.35. The van der Waals surface area contributed by atoms with E-state index >= 15 is 0 Å². The first-order chi connectivity index (χ1) is 12.5. The van der Waals surface area contributed by atoms with E-state index in [1.54, 1.807) is 35.9 Å². The molecule has 27 heavy (non-hydrogen) atoms. The summed E-state index contributed by atoms with van der Waals surface area (Å²) in [4.78, 5) is 0.138. The number of halogens is 4. The maximum atomic E-state index is 13.5. The van der Waals surface area contributed by atoms with Crippen LogP contribution in [0, 0.1) is 6.92 Å². The van der Waals surface area contributed by atoms with Crippen LogP contribution in [0.5, 0.6) is 0 Å². The standard InChI is InChI=1S/C19H15ClF3NO2S/c1-12-9-10-24(14-4-6-15(7-5-14)27(2,25)26)18(12)16-8-3-13(20)11-17(16)19(21,22)23/h3-11H,1-2H3. The fraction of sp³-hybridized carbons (Fsp3) is 0.158. The summed E-state index contributed by atoms with van der Waals surface area (Å²) < 4.78 is 65.4. The molecule has 3 aromatic rings. The van der Waals surface area contributed by atoms with Gasteiger partial charge in [-0.15, -0.1) is 0 Å². The minimum absolute atomic E-state index is 0.000612. The summed E-state index contributed by atoms with van der Waals surface area (Å²) in [5.74, 6) is 0. The van der Waals surface area contributed by atoms with Gasteiger partial charge in [-0.05, 0) is 55.0 Å². The van der Waals surface area contributed by atoms with Crippen molar-refractivity contribution in [1.29, 1.82) is 0 Å². The average molecular weight is 414 g/mol. The lowest BCUT2D eigenvalue weighted by Crippen LogP contribution is -2.09. The van der Waals surface area contributed by atoms with Crippen molar-refractivity contribution in [3.05, 3.63) is 70.9 Å². The van der Waals surface area contributed by atoms with Crippen molar-refractivity contribution in [2.24, 2.45) is 0 Å². The van der Waals surface area contributed by atoms with E-state index in [2.05, 4.69) is 0 Å². The van der Waals surface area contributed by atoms with Crippen LogP contribution in [0.15, 0.2) is 59.6 Å². The monoisotopic (exact) mass is 413 g/mol. The number of rotatable bonds is 3. The van der Waals surface area contributed by atoms with Gasteiger partial charge < -0.3 is 4.57 Å². The lowest BCUT2D eigenvalue weighted by atomic mass is 10.0. The van der Waals surface area contributed by atoms with Crippen LogP contribution < -0.4 is 0 Å². The number of benzene rings is 2. The van der Waals surface area contributed by atoms with Crippen LogP contribution in [-0.4, -0.2) is 19.2 Å². The molecule has 3 rings (SSSR count). The second-order valence-corrected chi connectivity index (χ2v) is 8.62. The SMILES string of the molecule is Cc1ccn(-c2ccc(S(C)(=O)=O)cc2)c1-c1ccc(Cl)cc1C(F)(F)F. The molecule has 0 N–H and O–H groups in total. The summed E-state index contributed by atoms with van der Waals surface area (Å²) in [5, 5.41) is -0.000612. The number of alkyl halides is 3. The topological polar surface area (TPSA) is 39.1 Å². The average Bonchev–Trinajstić information content (AvgIpc) is 2.95. The Bertz CT molecular complexity index is 1100. The predicted octanol–water partition coefficient (Wildman–Crippen LogP) is 5.53. The van der Waals surface area contributed by atoms with Gasteiger partial charge in [-0.2, -0.15) is 13.2 Å². The van der Waals surface area contributed by atoms with Gasteiger partial charge in [0.05, 0.1) is 16.2 Å². The van der Waals surface area contributed by atoms with Gasteiger partial charge in [0, 0.05) is 28.7 Å². The Hall–Kier alpha value is -2.25. The molecule has 0 bridgehead atoms. The summed E-state index contributed by atoms with van der Waals surface area (Å²) >= 11 is 5.78. The zero-order valence-electron chi connectivity index (χ0n) is 14.4. The zero-order valence-corrected chi connectivity index (χ0v) is 16.0. The maximum Gasteiger partial charge on any atom is 0.417 e. The van der Waals surface area contributed by atoms with Crippen molar-refractivity contribution in [3.63, 3.8) is 0 Å². The molecule has 0 unspecified atom stereocenters. The number of aromatic nitrogens is 1. The molecule has 1 aromatic heterocycles. The molecule has 2 aromatic carbocycles. The Morgan fingerprint density at radius 1 is 1.00 bits per heavy atom. The van der Waals surface area contributed by atoms with Gasteiger partial charge in [-0.3, -0.25) is 0 Å². The number of hydrogen-bond donors (Lipinski definition) is 0. The van der Waals surface area contributed by atoms with Gasteiger partial charge in [-0.25, -0.2) is 8.42 Å². The van der Waals surface area contributed by atoms with E-state index in [4.69, 9.17) is 11.6 Å². The summed E-state index contributed by atoms with van der Waals surface area (Å²) in [5.41, 5.74) is 0.738. The summed E-state index contributed by atoms with van der Waals surface area (Å²) in [6.45, 7) is 1.71. The van der Waals surface area contributed by atoms with E-state index < -0.39 is 21.6 Å². The van der Waals surface area contributed by atoms with Crippen molar-refractivity contribution in [3.8, 4) is 16.9 Å². The second kappa shape index (κ2) is 6.73. The lowest BCUT2D eigenvalue weighted by molar-refractivity contribution is -0.137. The Balaban J connectivity index is 2.20. The lowest BCUT2D eigenvalue weighted by Gasteiger charge is -2.17. The molecule has 0 saturated heterocycles. The fourth-order valence-electron chi connectivity index (χ4n) is 2.90. The Labute approximate surface area is 159 Å². The van der Waals surface area contributed by atoms with Gasteiger partial charge in [0.25, 0.3) is 0 Å². The van der Waals surface area contributed by atoms with E-state index in [1.165, 1.54) is 24.3 Å². The quantitative estimate of drug-likeness (QED) is 0.566. The van der Waals surface area contributed by atoms with Gasteiger partial charge in [0.2, 0.25) is 0 Å². The number of hydrogen-bond acceptors (Lipinski definition) is 2. The normalized spacial score (nSPS) is 12.4. The molecule has 1 heterocycles. The minimum Gasteiger partial charge on any atom is -0.316 e. The zero-order chi connectivity index (χ0) is 20.0. The smallest absolute Gasteiger partial charge is 0.316 e. The van der Waals surface area contributed by atoms with Crippen LogP contribution in [0.4, 0.5) is 13.2 Å². The molecule has 142 valence electrons. The van der Waals surface area contributed by atoms with Crippen LogP contribution in [0.1, 0.15) is 11.1 Å². The first-order valence-corrected chi connectivity index (χ1v) is 10.1. The van der Waals surface area contributed by atoms with Gasteiger partial charge >= 0.3 is 6.18 Å². The number of nitrogens with zero attached hydrogens (tertiary/aromatic N) is 1. The van der Waals surface area contributed by atoms with Gasteiger partial charge in [0.15, 0.2) is 9.84 Å². The summed E-state index contributed by atoms with van der Waals surface area (Å²) in [6, 6.07) is 11.3. The van der Waals surface area contributed by atoms with Crippen molar-refractivity contribution >= 4 is 21.4 Å². The van der Waals surface area contributed by atoms with Crippen LogP contribution >= 0.6 is 11.6 Å². The molecule has 0 radical (unpaired) electrons. The van der Waals surface area contributed by atoms with Crippen molar-refractivity contribution in [2.75, 3.05) is 6.26 Å². The third kappa shape index (κ3) is 3.89. The van der Waals surface area contributed by atoms with Crippen LogP contribution in [0.2, 0.25) is 5.02 Å². The molecular formula is C19H15ClF3NO2S.